The van der Waals surface area contributed by atoms with Crippen LogP contribution in [0.2, 0.25) is 0 Å². The van der Waals surface area contributed by atoms with Crippen LogP contribution in [0.4, 0.5) is 10.1 Å². The van der Waals surface area contributed by atoms with Gasteiger partial charge in [-0.15, -0.1) is 0 Å². The first kappa shape index (κ1) is 13.9. The molecule has 0 bridgehead atoms. The summed E-state index contributed by atoms with van der Waals surface area (Å²) in [5.41, 5.74) is -0.0188. The van der Waals surface area contributed by atoms with E-state index in [2.05, 4.69) is 4.37 Å². The van der Waals surface area contributed by atoms with E-state index in [4.69, 9.17) is 4.74 Å². The summed E-state index contributed by atoms with van der Waals surface area (Å²) in [7, 11) is 0. The maximum Gasteiger partial charge on any atom is 0.311 e. The predicted molar refractivity (Wildman–Crippen MR) is 77.0 cm³/mol. The van der Waals surface area contributed by atoms with E-state index in [0.717, 1.165) is 43.3 Å². The van der Waals surface area contributed by atoms with Crippen molar-refractivity contribution in [1.82, 2.24) is 4.37 Å². The average Bonchev–Trinajstić information content (AvgIpc) is 3.11. The molecule has 1 fully saturated rings. The maximum atomic E-state index is 14.2. The number of aromatic nitrogens is 1. The van der Waals surface area contributed by atoms with E-state index in [1.165, 1.54) is 12.3 Å². The number of hydrogen-bond donors (Lipinski definition) is 0. The van der Waals surface area contributed by atoms with E-state index >= 15 is 0 Å². The van der Waals surface area contributed by atoms with Gasteiger partial charge in [0.25, 0.3) is 0 Å². The van der Waals surface area contributed by atoms with Gasteiger partial charge in [0, 0.05) is 23.9 Å². The van der Waals surface area contributed by atoms with Gasteiger partial charge in [0.1, 0.15) is 5.82 Å². The van der Waals surface area contributed by atoms with Crippen molar-refractivity contribution in [3.8, 4) is 16.2 Å². The van der Waals surface area contributed by atoms with Crippen molar-refractivity contribution in [2.24, 2.45) is 0 Å². The zero-order valence-electron chi connectivity index (χ0n) is 11.1. The molecule has 2 aromatic rings. The van der Waals surface area contributed by atoms with Crippen LogP contribution in [0, 0.1) is 15.9 Å². The molecule has 1 aliphatic rings. The van der Waals surface area contributed by atoms with Crippen molar-refractivity contribution < 1.29 is 14.1 Å². The SMILES string of the molecule is O=[N+]([O-])c1cc(-c2ccns2)c(F)cc1OC1CCCC1. The number of nitro groups is 1. The van der Waals surface area contributed by atoms with Gasteiger partial charge in [0.2, 0.25) is 0 Å². The van der Waals surface area contributed by atoms with Crippen molar-refractivity contribution in [2.45, 2.75) is 31.8 Å². The lowest BCUT2D eigenvalue weighted by atomic mass is 10.1. The molecule has 1 saturated carbocycles. The van der Waals surface area contributed by atoms with Crippen LogP contribution in [0.1, 0.15) is 25.7 Å². The Morgan fingerprint density at radius 2 is 2.14 bits per heavy atom. The molecule has 0 unspecified atom stereocenters. The Morgan fingerprint density at radius 3 is 2.76 bits per heavy atom. The van der Waals surface area contributed by atoms with Gasteiger partial charge in [-0.05, 0) is 43.3 Å². The van der Waals surface area contributed by atoms with E-state index < -0.39 is 10.7 Å². The highest BCUT2D eigenvalue weighted by Crippen LogP contribution is 2.37. The van der Waals surface area contributed by atoms with E-state index in [1.807, 2.05) is 0 Å². The molecule has 1 heterocycles. The fourth-order valence-electron chi connectivity index (χ4n) is 2.51. The molecule has 7 heteroatoms. The van der Waals surface area contributed by atoms with Gasteiger partial charge < -0.3 is 4.74 Å². The molecule has 0 saturated heterocycles. The van der Waals surface area contributed by atoms with Crippen LogP contribution in [0.3, 0.4) is 0 Å². The molecule has 5 nitrogen and oxygen atoms in total. The maximum absolute atomic E-state index is 14.2. The van der Waals surface area contributed by atoms with E-state index in [9.17, 15) is 14.5 Å². The summed E-state index contributed by atoms with van der Waals surface area (Å²) in [6.45, 7) is 0. The van der Waals surface area contributed by atoms with Crippen molar-refractivity contribution in [1.29, 1.82) is 0 Å². The van der Waals surface area contributed by atoms with Crippen LogP contribution >= 0.6 is 11.5 Å². The highest BCUT2D eigenvalue weighted by molar-refractivity contribution is 7.09. The van der Waals surface area contributed by atoms with Gasteiger partial charge in [0.05, 0.1) is 15.9 Å². The number of hydrogen-bond acceptors (Lipinski definition) is 5. The number of rotatable bonds is 4. The molecule has 0 spiro atoms. The summed E-state index contributed by atoms with van der Waals surface area (Å²) in [6.07, 6.45) is 5.27. The highest BCUT2D eigenvalue weighted by atomic mass is 32.1. The van der Waals surface area contributed by atoms with Crippen LogP contribution in [-0.4, -0.2) is 15.4 Å². The topological polar surface area (TPSA) is 65.3 Å². The first-order chi connectivity index (χ1) is 10.1. The normalized spacial score (nSPS) is 15.3. The standard InChI is InChI=1S/C14H13FN2O3S/c15-11-8-13(20-9-3-1-2-4-9)12(17(18)19)7-10(11)14-5-6-16-21-14/h5-9H,1-4H2. The summed E-state index contributed by atoms with van der Waals surface area (Å²) in [5.74, 6) is -0.518. The van der Waals surface area contributed by atoms with Crippen LogP contribution in [-0.2, 0) is 0 Å². The second kappa shape index (κ2) is 5.77. The lowest BCUT2D eigenvalue weighted by molar-refractivity contribution is -0.386. The van der Waals surface area contributed by atoms with Crippen molar-refractivity contribution in [2.75, 3.05) is 0 Å². The van der Waals surface area contributed by atoms with Crippen LogP contribution in [0.15, 0.2) is 24.4 Å². The van der Waals surface area contributed by atoms with Gasteiger partial charge in [-0.3, -0.25) is 10.1 Å². The molecule has 0 N–H and O–H groups in total. The minimum atomic E-state index is -0.533. The third-order valence-electron chi connectivity index (χ3n) is 3.54. The smallest absolute Gasteiger partial charge is 0.311 e. The first-order valence-corrected chi connectivity index (χ1v) is 7.48. The average molecular weight is 308 g/mol. The third kappa shape index (κ3) is 2.87. The zero-order valence-corrected chi connectivity index (χ0v) is 11.9. The Bertz CT molecular complexity index is 654. The number of benzene rings is 1. The summed E-state index contributed by atoms with van der Waals surface area (Å²) >= 11 is 1.10. The van der Waals surface area contributed by atoms with Gasteiger partial charge in [0.15, 0.2) is 5.75 Å². The fraction of sp³-hybridized carbons (Fsp3) is 0.357. The molecular formula is C14H13FN2O3S. The quantitative estimate of drug-likeness (QED) is 0.628. The molecule has 110 valence electrons. The van der Waals surface area contributed by atoms with E-state index in [-0.39, 0.29) is 23.1 Å². The number of ether oxygens (including phenoxy) is 1. The van der Waals surface area contributed by atoms with Crippen LogP contribution < -0.4 is 4.74 Å². The molecule has 21 heavy (non-hydrogen) atoms. The minimum absolute atomic E-state index is 0.0117. The van der Waals surface area contributed by atoms with E-state index in [1.54, 1.807) is 6.07 Å². The van der Waals surface area contributed by atoms with Crippen molar-refractivity contribution in [3.63, 3.8) is 0 Å². The van der Waals surface area contributed by atoms with Gasteiger partial charge in [-0.2, -0.15) is 0 Å². The molecular weight excluding hydrogens is 295 g/mol. The Hall–Kier alpha value is -2.02. The Kier molecular flexibility index (Phi) is 3.83. The summed E-state index contributed by atoms with van der Waals surface area (Å²) in [5, 5.41) is 11.2. The predicted octanol–water partition coefficient (Wildman–Crippen LogP) is 4.18. The largest absolute Gasteiger partial charge is 0.483 e. The molecule has 1 aromatic carbocycles. The van der Waals surface area contributed by atoms with Gasteiger partial charge in [-0.1, -0.05) is 0 Å². The molecule has 3 rings (SSSR count). The molecule has 0 radical (unpaired) electrons. The van der Waals surface area contributed by atoms with Crippen LogP contribution in [0.5, 0.6) is 5.75 Å². The monoisotopic (exact) mass is 308 g/mol. The number of halogens is 1. The van der Waals surface area contributed by atoms with Crippen molar-refractivity contribution in [3.05, 3.63) is 40.3 Å². The van der Waals surface area contributed by atoms with Gasteiger partial charge in [-0.25, -0.2) is 8.76 Å². The molecule has 0 amide bonds. The lowest BCUT2D eigenvalue weighted by Gasteiger charge is -2.14. The van der Waals surface area contributed by atoms with Crippen molar-refractivity contribution >= 4 is 17.2 Å². The van der Waals surface area contributed by atoms with Crippen LogP contribution in [0.25, 0.3) is 10.4 Å². The Morgan fingerprint density at radius 1 is 1.38 bits per heavy atom. The molecule has 1 aliphatic carbocycles. The first-order valence-electron chi connectivity index (χ1n) is 6.71. The highest BCUT2D eigenvalue weighted by Gasteiger charge is 2.25. The van der Waals surface area contributed by atoms with Gasteiger partial charge >= 0.3 is 5.69 Å². The summed E-state index contributed by atoms with van der Waals surface area (Å²) in [4.78, 5) is 11.2. The minimum Gasteiger partial charge on any atom is -0.483 e. The zero-order chi connectivity index (χ0) is 14.8. The molecule has 1 aromatic heterocycles. The third-order valence-corrected chi connectivity index (χ3v) is 4.32. The second-order valence-corrected chi connectivity index (χ2v) is 5.79. The Labute approximate surface area is 124 Å². The lowest BCUT2D eigenvalue weighted by Crippen LogP contribution is -2.12. The Balaban J connectivity index is 1.99. The molecule has 0 atom stereocenters. The molecule has 0 aliphatic heterocycles. The second-order valence-electron chi connectivity index (χ2n) is 4.96. The number of nitro benzene ring substituents is 1. The summed E-state index contributed by atoms with van der Waals surface area (Å²) < 4.78 is 23.7. The summed E-state index contributed by atoms with van der Waals surface area (Å²) in [6, 6.07) is 3.98. The number of nitrogens with zero attached hydrogens (tertiary/aromatic N) is 2. The fourth-order valence-corrected chi connectivity index (χ4v) is 3.12. The van der Waals surface area contributed by atoms with E-state index in [0.29, 0.717) is 4.88 Å².